The molecular formula is C16H24N4O4. The smallest absolute Gasteiger partial charge is 0.408 e. The van der Waals surface area contributed by atoms with Crippen LogP contribution in [0.2, 0.25) is 0 Å². The Morgan fingerprint density at radius 3 is 2.46 bits per heavy atom. The standard InChI is InChI=1S/C16H24N4O4/c1-11(20-15(23)24-16(2,3)4)13(21)18-8-9-19-14(22)12-6-5-7-17-10-12/h5-7,10-11H,8-9H2,1-4H3,(H,18,21)(H,19,22)(H,20,23)/t11-/m0/s1. The number of nitrogens with zero attached hydrogens (tertiary/aromatic N) is 1. The van der Waals surface area contributed by atoms with E-state index in [0.717, 1.165) is 0 Å². The fraction of sp³-hybridized carbons (Fsp3) is 0.500. The fourth-order valence-corrected chi connectivity index (χ4v) is 1.66. The third kappa shape index (κ3) is 7.57. The monoisotopic (exact) mass is 336 g/mol. The summed E-state index contributed by atoms with van der Waals surface area (Å²) in [7, 11) is 0. The lowest BCUT2D eigenvalue weighted by Gasteiger charge is -2.21. The number of amides is 3. The molecule has 24 heavy (non-hydrogen) atoms. The highest BCUT2D eigenvalue weighted by molar-refractivity contribution is 5.93. The number of hydrogen-bond donors (Lipinski definition) is 3. The van der Waals surface area contributed by atoms with E-state index in [9.17, 15) is 14.4 Å². The number of rotatable bonds is 6. The Morgan fingerprint density at radius 2 is 1.88 bits per heavy atom. The Kier molecular flexibility index (Phi) is 7.16. The Hall–Kier alpha value is -2.64. The van der Waals surface area contributed by atoms with Crippen molar-refractivity contribution in [3.63, 3.8) is 0 Å². The first-order chi connectivity index (χ1) is 11.2. The van der Waals surface area contributed by atoms with Crippen molar-refractivity contribution >= 4 is 17.9 Å². The number of carbonyl (C=O) groups excluding carboxylic acids is 3. The van der Waals surface area contributed by atoms with Crippen LogP contribution in [0.1, 0.15) is 38.1 Å². The van der Waals surface area contributed by atoms with Gasteiger partial charge in [-0.1, -0.05) is 0 Å². The quantitative estimate of drug-likeness (QED) is 0.667. The van der Waals surface area contributed by atoms with Crippen LogP contribution in [0, 0.1) is 0 Å². The molecule has 8 heteroatoms. The van der Waals surface area contributed by atoms with Crippen LogP contribution < -0.4 is 16.0 Å². The maximum atomic E-state index is 11.9. The van der Waals surface area contributed by atoms with Crippen LogP contribution in [0.3, 0.4) is 0 Å². The molecule has 0 aliphatic carbocycles. The summed E-state index contributed by atoms with van der Waals surface area (Å²) in [5.41, 5.74) is -0.180. The van der Waals surface area contributed by atoms with Gasteiger partial charge in [-0.2, -0.15) is 0 Å². The zero-order valence-electron chi connectivity index (χ0n) is 14.4. The molecule has 1 heterocycles. The molecular weight excluding hydrogens is 312 g/mol. The van der Waals surface area contributed by atoms with Crippen molar-refractivity contribution < 1.29 is 19.1 Å². The number of alkyl carbamates (subject to hydrolysis) is 1. The Morgan fingerprint density at radius 1 is 1.21 bits per heavy atom. The Labute approximate surface area is 141 Å². The van der Waals surface area contributed by atoms with Gasteiger partial charge in [0, 0.05) is 25.5 Å². The summed E-state index contributed by atoms with van der Waals surface area (Å²) in [6.45, 7) is 7.27. The van der Waals surface area contributed by atoms with Crippen LogP contribution in [0.25, 0.3) is 0 Å². The molecule has 0 spiro atoms. The van der Waals surface area contributed by atoms with E-state index in [1.165, 1.54) is 6.20 Å². The van der Waals surface area contributed by atoms with Gasteiger partial charge in [0.25, 0.3) is 5.91 Å². The van der Waals surface area contributed by atoms with Gasteiger partial charge >= 0.3 is 6.09 Å². The van der Waals surface area contributed by atoms with Gasteiger partial charge in [0.2, 0.25) is 5.91 Å². The summed E-state index contributed by atoms with van der Waals surface area (Å²) < 4.78 is 5.07. The predicted molar refractivity (Wildman–Crippen MR) is 88.4 cm³/mol. The summed E-state index contributed by atoms with van der Waals surface area (Å²) >= 11 is 0. The van der Waals surface area contributed by atoms with E-state index in [-0.39, 0.29) is 24.9 Å². The average Bonchev–Trinajstić information content (AvgIpc) is 2.49. The van der Waals surface area contributed by atoms with Crippen molar-refractivity contribution in [1.29, 1.82) is 0 Å². The number of ether oxygens (including phenoxy) is 1. The molecule has 0 aliphatic rings. The number of aromatic nitrogens is 1. The first-order valence-corrected chi connectivity index (χ1v) is 7.64. The minimum Gasteiger partial charge on any atom is -0.444 e. The lowest BCUT2D eigenvalue weighted by Crippen LogP contribution is -2.47. The molecule has 3 amide bonds. The minimum absolute atomic E-state index is 0.241. The predicted octanol–water partition coefficient (Wildman–Crippen LogP) is 0.841. The van der Waals surface area contributed by atoms with Crippen molar-refractivity contribution in [3.05, 3.63) is 30.1 Å². The molecule has 1 atom stereocenters. The zero-order chi connectivity index (χ0) is 18.2. The average molecular weight is 336 g/mol. The second-order valence-corrected chi connectivity index (χ2v) is 6.16. The molecule has 0 radical (unpaired) electrons. The molecule has 0 unspecified atom stereocenters. The molecule has 8 nitrogen and oxygen atoms in total. The van der Waals surface area contributed by atoms with Crippen molar-refractivity contribution in [2.45, 2.75) is 39.3 Å². The molecule has 0 aliphatic heterocycles. The summed E-state index contributed by atoms with van der Waals surface area (Å²) in [6, 6.07) is 2.57. The minimum atomic E-state index is -0.742. The normalized spacial score (nSPS) is 12.0. The zero-order valence-corrected chi connectivity index (χ0v) is 14.4. The van der Waals surface area contributed by atoms with E-state index in [1.807, 2.05) is 0 Å². The van der Waals surface area contributed by atoms with Crippen LogP contribution in [0.4, 0.5) is 4.79 Å². The van der Waals surface area contributed by atoms with Gasteiger partial charge in [-0.15, -0.1) is 0 Å². The van der Waals surface area contributed by atoms with Crippen LogP contribution in [0.5, 0.6) is 0 Å². The molecule has 132 valence electrons. The maximum absolute atomic E-state index is 11.9. The van der Waals surface area contributed by atoms with Crippen molar-refractivity contribution in [1.82, 2.24) is 20.9 Å². The summed E-state index contributed by atoms with van der Waals surface area (Å²) in [5, 5.41) is 7.72. The van der Waals surface area contributed by atoms with E-state index in [0.29, 0.717) is 5.56 Å². The molecule has 1 rings (SSSR count). The number of nitrogens with one attached hydrogen (secondary N) is 3. The molecule has 0 saturated carbocycles. The molecule has 3 N–H and O–H groups in total. The largest absolute Gasteiger partial charge is 0.444 e. The summed E-state index contributed by atoms with van der Waals surface area (Å²) in [4.78, 5) is 39.0. The number of pyridine rings is 1. The summed E-state index contributed by atoms with van der Waals surface area (Å²) in [5.74, 6) is -0.631. The van der Waals surface area contributed by atoms with Gasteiger partial charge in [0.1, 0.15) is 11.6 Å². The van der Waals surface area contributed by atoms with E-state index < -0.39 is 17.7 Å². The topological polar surface area (TPSA) is 109 Å². The number of carbonyl (C=O) groups is 3. The second kappa shape index (κ2) is 8.85. The van der Waals surface area contributed by atoms with Crippen LogP contribution in [0.15, 0.2) is 24.5 Å². The molecule has 0 saturated heterocycles. The van der Waals surface area contributed by atoms with Crippen LogP contribution >= 0.6 is 0 Å². The first-order valence-electron chi connectivity index (χ1n) is 7.64. The lowest BCUT2D eigenvalue weighted by atomic mass is 10.2. The van der Waals surface area contributed by atoms with Crippen molar-refractivity contribution in [2.24, 2.45) is 0 Å². The maximum Gasteiger partial charge on any atom is 0.408 e. The van der Waals surface area contributed by atoms with Crippen LogP contribution in [-0.2, 0) is 9.53 Å². The Balaban J connectivity index is 2.26. The van der Waals surface area contributed by atoms with Gasteiger partial charge in [0.05, 0.1) is 5.56 Å². The Bertz CT molecular complexity index is 569. The van der Waals surface area contributed by atoms with E-state index >= 15 is 0 Å². The highest BCUT2D eigenvalue weighted by Crippen LogP contribution is 2.06. The van der Waals surface area contributed by atoms with E-state index in [4.69, 9.17) is 4.74 Å². The van der Waals surface area contributed by atoms with Gasteiger partial charge < -0.3 is 20.7 Å². The van der Waals surface area contributed by atoms with Crippen molar-refractivity contribution in [3.8, 4) is 0 Å². The number of hydrogen-bond acceptors (Lipinski definition) is 5. The van der Waals surface area contributed by atoms with E-state index in [1.54, 1.807) is 46.0 Å². The second-order valence-electron chi connectivity index (χ2n) is 6.16. The molecule has 0 bridgehead atoms. The highest BCUT2D eigenvalue weighted by atomic mass is 16.6. The van der Waals surface area contributed by atoms with Crippen LogP contribution in [-0.4, -0.2) is 47.6 Å². The summed E-state index contributed by atoms with van der Waals surface area (Å²) in [6.07, 6.45) is 2.38. The van der Waals surface area contributed by atoms with Gasteiger partial charge in [-0.3, -0.25) is 14.6 Å². The van der Waals surface area contributed by atoms with Crippen molar-refractivity contribution in [2.75, 3.05) is 13.1 Å². The molecule has 1 aromatic rings. The van der Waals surface area contributed by atoms with Gasteiger partial charge in [-0.05, 0) is 39.8 Å². The SMILES string of the molecule is C[C@H](NC(=O)OC(C)(C)C)C(=O)NCCNC(=O)c1cccnc1. The first kappa shape index (κ1) is 19.4. The molecule has 0 fully saturated rings. The third-order valence-electron chi connectivity index (χ3n) is 2.76. The van der Waals surface area contributed by atoms with Gasteiger partial charge in [-0.25, -0.2) is 4.79 Å². The van der Waals surface area contributed by atoms with Gasteiger partial charge in [0.15, 0.2) is 0 Å². The van der Waals surface area contributed by atoms with E-state index in [2.05, 4.69) is 20.9 Å². The lowest BCUT2D eigenvalue weighted by molar-refractivity contribution is -0.122. The third-order valence-corrected chi connectivity index (χ3v) is 2.76. The molecule has 1 aromatic heterocycles. The highest BCUT2D eigenvalue weighted by Gasteiger charge is 2.20. The molecule has 0 aromatic carbocycles. The fourth-order valence-electron chi connectivity index (χ4n) is 1.66.